The molecule has 0 amide bonds. The average Bonchev–Trinajstić information content (AvgIpc) is 2.76. The van der Waals surface area contributed by atoms with Crippen LogP contribution in [0.5, 0.6) is 0 Å². The van der Waals surface area contributed by atoms with Crippen LogP contribution in [0.4, 0.5) is 0 Å². The first-order chi connectivity index (χ1) is 14.6. The molecule has 0 spiro atoms. The molecule has 0 atom stereocenters. The lowest BCUT2D eigenvalue weighted by atomic mass is 10.1. The van der Waals surface area contributed by atoms with Gasteiger partial charge in [-0.25, -0.2) is 4.98 Å². The predicted molar refractivity (Wildman–Crippen MR) is 129 cm³/mol. The third-order valence-electron chi connectivity index (χ3n) is 4.50. The number of thioether (sulfide) groups is 1. The van der Waals surface area contributed by atoms with Crippen molar-refractivity contribution in [3.05, 3.63) is 93.7 Å². The van der Waals surface area contributed by atoms with E-state index in [4.69, 9.17) is 6.42 Å². The number of aryl methyl sites for hydroxylation is 2. The highest BCUT2D eigenvalue weighted by Gasteiger charge is 2.10. The van der Waals surface area contributed by atoms with Gasteiger partial charge in [0.25, 0.3) is 0 Å². The molecule has 3 heteroatoms. The molecule has 0 radical (unpaired) electrons. The van der Waals surface area contributed by atoms with Crippen LogP contribution in [0.15, 0.2) is 59.6 Å². The van der Waals surface area contributed by atoms with Crippen molar-refractivity contribution in [1.29, 1.82) is 5.26 Å². The van der Waals surface area contributed by atoms with Gasteiger partial charge >= 0.3 is 0 Å². The lowest BCUT2D eigenvalue weighted by Crippen LogP contribution is -1.95. The van der Waals surface area contributed by atoms with Crippen LogP contribution in [0.25, 0.3) is 24.3 Å². The number of nitrogens with zero attached hydrogens (tertiary/aromatic N) is 2. The number of hydrogen-bond acceptors (Lipinski definition) is 3. The van der Waals surface area contributed by atoms with Crippen molar-refractivity contribution in [3.8, 4) is 18.4 Å². The van der Waals surface area contributed by atoms with Gasteiger partial charge in [0.05, 0.1) is 17.0 Å². The normalized spacial score (nSPS) is 10.9. The van der Waals surface area contributed by atoms with Gasteiger partial charge in [0, 0.05) is 0 Å². The van der Waals surface area contributed by atoms with E-state index in [2.05, 4.69) is 79.4 Å². The van der Waals surface area contributed by atoms with Crippen molar-refractivity contribution in [2.24, 2.45) is 0 Å². The zero-order valence-electron chi connectivity index (χ0n) is 17.1. The highest BCUT2D eigenvalue weighted by atomic mass is 32.2. The van der Waals surface area contributed by atoms with E-state index in [0.717, 1.165) is 22.4 Å². The standard InChI is InChI=1S/C27H22N2S/c1-4-17-30-27-26(19-28)24(15-13-22-9-5-20(2)6-10-22)18-25(29-27)16-14-23-11-7-21(3)8-12-23/h1,5-16,18H,17H2,2-3H3/b15-13-,16-14+. The van der Waals surface area contributed by atoms with E-state index >= 15 is 0 Å². The summed E-state index contributed by atoms with van der Waals surface area (Å²) >= 11 is 1.41. The summed E-state index contributed by atoms with van der Waals surface area (Å²) in [5, 5.41) is 10.4. The largest absolute Gasteiger partial charge is 0.241 e. The van der Waals surface area contributed by atoms with Gasteiger partial charge in [-0.3, -0.25) is 0 Å². The topological polar surface area (TPSA) is 36.7 Å². The number of pyridine rings is 1. The highest BCUT2D eigenvalue weighted by Crippen LogP contribution is 2.26. The van der Waals surface area contributed by atoms with Crippen molar-refractivity contribution in [2.45, 2.75) is 18.9 Å². The summed E-state index contributed by atoms with van der Waals surface area (Å²) in [4.78, 5) is 4.67. The first-order valence-electron chi connectivity index (χ1n) is 9.60. The van der Waals surface area contributed by atoms with Crippen molar-refractivity contribution in [2.75, 3.05) is 5.75 Å². The molecule has 2 nitrogen and oxygen atoms in total. The Labute approximate surface area is 183 Å². The molecule has 1 heterocycles. The van der Waals surface area contributed by atoms with Crippen LogP contribution in [-0.2, 0) is 0 Å². The number of hydrogen-bond donors (Lipinski definition) is 0. The van der Waals surface area contributed by atoms with Crippen LogP contribution in [0.2, 0.25) is 0 Å². The number of terminal acetylenes is 1. The van der Waals surface area contributed by atoms with Gasteiger partial charge in [0.1, 0.15) is 11.1 Å². The minimum absolute atomic E-state index is 0.466. The zero-order valence-corrected chi connectivity index (χ0v) is 17.9. The molecule has 0 bridgehead atoms. The van der Waals surface area contributed by atoms with E-state index in [9.17, 15) is 5.26 Å². The lowest BCUT2D eigenvalue weighted by molar-refractivity contribution is 1.09. The molecule has 3 aromatic rings. The molecule has 0 aliphatic rings. The monoisotopic (exact) mass is 406 g/mol. The molecular weight excluding hydrogens is 384 g/mol. The fourth-order valence-corrected chi connectivity index (χ4v) is 3.52. The summed E-state index contributed by atoms with van der Waals surface area (Å²) in [6, 6.07) is 20.8. The summed E-state index contributed by atoms with van der Waals surface area (Å²) in [7, 11) is 0. The molecule has 0 saturated carbocycles. The van der Waals surface area contributed by atoms with E-state index in [1.807, 2.05) is 30.4 Å². The van der Waals surface area contributed by atoms with E-state index < -0.39 is 0 Å². The average molecular weight is 407 g/mol. The van der Waals surface area contributed by atoms with Gasteiger partial charge in [0.2, 0.25) is 0 Å². The van der Waals surface area contributed by atoms with Crippen LogP contribution in [0.3, 0.4) is 0 Å². The van der Waals surface area contributed by atoms with E-state index in [1.54, 1.807) is 0 Å². The Bertz CT molecular complexity index is 1160. The highest BCUT2D eigenvalue weighted by molar-refractivity contribution is 7.99. The van der Waals surface area contributed by atoms with Crippen LogP contribution in [0, 0.1) is 37.5 Å². The summed E-state index contributed by atoms with van der Waals surface area (Å²) in [5.41, 5.74) is 6.78. The van der Waals surface area contributed by atoms with E-state index in [0.29, 0.717) is 16.3 Å². The summed E-state index contributed by atoms with van der Waals surface area (Å²) < 4.78 is 0. The molecule has 3 rings (SSSR count). The Kier molecular flexibility index (Phi) is 7.28. The van der Waals surface area contributed by atoms with E-state index in [-0.39, 0.29) is 0 Å². The molecule has 0 saturated heterocycles. The van der Waals surface area contributed by atoms with Crippen LogP contribution in [0.1, 0.15) is 39.1 Å². The molecule has 0 aliphatic carbocycles. The first-order valence-corrected chi connectivity index (χ1v) is 10.6. The summed E-state index contributed by atoms with van der Waals surface area (Å²) in [6.07, 6.45) is 13.4. The van der Waals surface area contributed by atoms with Crippen LogP contribution >= 0.6 is 11.8 Å². The number of benzene rings is 2. The molecule has 0 unspecified atom stereocenters. The number of aromatic nitrogens is 1. The Morgan fingerprint density at radius 1 is 0.900 bits per heavy atom. The van der Waals surface area contributed by atoms with Crippen LogP contribution < -0.4 is 0 Å². The molecule has 146 valence electrons. The van der Waals surface area contributed by atoms with Crippen molar-refractivity contribution in [3.63, 3.8) is 0 Å². The summed E-state index contributed by atoms with van der Waals surface area (Å²) in [5.74, 6) is 3.08. The smallest absolute Gasteiger partial charge is 0.116 e. The van der Waals surface area contributed by atoms with Gasteiger partial charge < -0.3 is 0 Å². The Morgan fingerprint density at radius 3 is 2.00 bits per heavy atom. The number of nitriles is 1. The van der Waals surface area contributed by atoms with Gasteiger partial charge in [0.15, 0.2) is 0 Å². The molecule has 0 fully saturated rings. The minimum Gasteiger partial charge on any atom is -0.241 e. The van der Waals surface area contributed by atoms with Gasteiger partial charge in [-0.05, 0) is 42.7 Å². The number of rotatable bonds is 6. The van der Waals surface area contributed by atoms with Gasteiger partial charge in [-0.15, -0.1) is 6.42 Å². The minimum atomic E-state index is 0.466. The molecule has 30 heavy (non-hydrogen) atoms. The SMILES string of the molecule is C#CCSc1nc(/C=C/c2ccc(C)cc2)cc(/C=C\c2ccc(C)cc2)c1C#N. The van der Waals surface area contributed by atoms with E-state index in [1.165, 1.54) is 22.9 Å². The second kappa shape index (κ2) is 10.3. The van der Waals surface area contributed by atoms with Crippen molar-refractivity contribution >= 4 is 36.1 Å². The fraction of sp³-hybridized carbons (Fsp3) is 0.111. The second-order valence-corrected chi connectivity index (χ2v) is 7.87. The van der Waals surface area contributed by atoms with Crippen LogP contribution in [-0.4, -0.2) is 10.7 Å². The molecule has 0 aliphatic heterocycles. The second-order valence-electron chi connectivity index (χ2n) is 6.91. The predicted octanol–water partition coefficient (Wildman–Crippen LogP) is 6.64. The molecule has 0 N–H and O–H groups in total. The quantitative estimate of drug-likeness (QED) is 0.340. The van der Waals surface area contributed by atoms with Crippen molar-refractivity contribution < 1.29 is 0 Å². The maximum atomic E-state index is 9.75. The Hall–Kier alpha value is -3.53. The van der Waals surface area contributed by atoms with Gasteiger partial charge in [-0.2, -0.15) is 5.26 Å². The molecule has 1 aromatic heterocycles. The maximum Gasteiger partial charge on any atom is 0.116 e. The molecule has 2 aromatic carbocycles. The molecular formula is C27H22N2S. The third kappa shape index (κ3) is 5.74. The van der Waals surface area contributed by atoms with Gasteiger partial charge in [-0.1, -0.05) is 95.6 Å². The Morgan fingerprint density at radius 2 is 1.47 bits per heavy atom. The third-order valence-corrected chi connectivity index (χ3v) is 5.38. The first kappa shape index (κ1) is 21.2. The van der Waals surface area contributed by atoms with Crippen molar-refractivity contribution in [1.82, 2.24) is 4.98 Å². The zero-order chi connectivity index (χ0) is 21.3. The maximum absolute atomic E-state index is 9.75. The fourth-order valence-electron chi connectivity index (χ4n) is 2.83. The summed E-state index contributed by atoms with van der Waals surface area (Å²) in [6.45, 7) is 4.13. The Balaban J connectivity index is 1.99. The lowest BCUT2D eigenvalue weighted by Gasteiger charge is -2.07.